The van der Waals surface area contributed by atoms with E-state index in [9.17, 15) is 4.79 Å². The molecule has 0 unspecified atom stereocenters. The molecule has 0 heterocycles. The topological polar surface area (TPSA) is 64.3 Å². The van der Waals surface area contributed by atoms with Gasteiger partial charge in [-0.2, -0.15) is 0 Å². The first-order chi connectivity index (χ1) is 7.31. The molecule has 3 N–H and O–H groups in total. The molecule has 0 aliphatic heterocycles. The second kappa shape index (κ2) is 11.5. The summed E-state index contributed by atoms with van der Waals surface area (Å²) in [6.45, 7) is 2.26. The van der Waals surface area contributed by atoms with Crippen molar-refractivity contribution >= 4 is 5.91 Å². The number of unbranched alkanes of at least 4 members (excludes halogenated alkanes) is 3. The molecule has 0 bridgehead atoms. The van der Waals surface area contributed by atoms with Gasteiger partial charge in [0.1, 0.15) is 0 Å². The number of nitrogens with two attached hydrogens (primary N) is 1. The molecule has 0 rings (SSSR count). The lowest BCUT2D eigenvalue weighted by atomic mass is 10.2. The third kappa shape index (κ3) is 11.3. The largest absolute Gasteiger partial charge is 0.385 e. The van der Waals surface area contributed by atoms with E-state index < -0.39 is 0 Å². The number of ether oxygens (including phenoxy) is 1. The van der Waals surface area contributed by atoms with Crippen LogP contribution >= 0.6 is 0 Å². The van der Waals surface area contributed by atoms with Gasteiger partial charge in [-0.1, -0.05) is 0 Å². The van der Waals surface area contributed by atoms with E-state index in [2.05, 4.69) is 5.32 Å². The molecular weight excluding hydrogens is 192 g/mol. The SMILES string of the molecule is COCCCCCNC(=O)CCCCN. The van der Waals surface area contributed by atoms with E-state index in [0.29, 0.717) is 13.0 Å². The molecular formula is C11H24N2O2. The summed E-state index contributed by atoms with van der Waals surface area (Å²) >= 11 is 0. The summed E-state index contributed by atoms with van der Waals surface area (Å²) in [4.78, 5) is 11.2. The van der Waals surface area contributed by atoms with Crippen molar-refractivity contribution in [2.75, 3.05) is 26.8 Å². The summed E-state index contributed by atoms with van der Waals surface area (Å²) in [6, 6.07) is 0. The minimum atomic E-state index is 0.148. The predicted molar refractivity (Wildman–Crippen MR) is 61.6 cm³/mol. The van der Waals surface area contributed by atoms with Gasteiger partial charge in [-0.05, 0) is 38.6 Å². The molecule has 0 aliphatic rings. The van der Waals surface area contributed by atoms with Gasteiger partial charge in [0.25, 0.3) is 0 Å². The van der Waals surface area contributed by atoms with Gasteiger partial charge in [0.15, 0.2) is 0 Å². The molecule has 4 heteroatoms. The van der Waals surface area contributed by atoms with Gasteiger partial charge in [-0.3, -0.25) is 4.79 Å². The molecule has 1 amide bonds. The van der Waals surface area contributed by atoms with Crippen molar-refractivity contribution in [3.63, 3.8) is 0 Å². The van der Waals surface area contributed by atoms with Crippen molar-refractivity contribution in [2.45, 2.75) is 38.5 Å². The maximum Gasteiger partial charge on any atom is 0.219 e. The Morgan fingerprint density at radius 3 is 2.67 bits per heavy atom. The summed E-state index contributed by atoms with van der Waals surface area (Å²) < 4.78 is 4.94. The Balaban J connectivity index is 3.10. The number of hydrogen-bond donors (Lipinski definition) is 2. The molecule has 90 valence electrons. The van der Waals surface area contributed by atoms with Gasteiger partial charge in [-0.25, -0.2) is 0 Å². The van der Waals surface area contributed by atoms with Gasteiger partial charge in [0, 0.05) is 26.7 Å². The lowest BCUT2D eigenvalue weighted by molar-refractivity contribution is -0.121. The van der Waals surface area contributed by atoms with Crippen LogP contribution in [0.1, 0.15) is 38.5 Å². The number of hydrogen-bond acceptors (Lipinski definition) is 3. The van der Waals surface area contributed by atoms with Crippen LogP contribution in [0.15, 0.2) is 0 Å². The van der Waals surface area contributed by atoms with Crippen LogP contribution in [0.5, 0.6) is 0 Å². The number of amides is 1. The average molecular weight is 216 g/mol. The summed E-state index contributed by atoms with van der Waals surface area (Å²) in [5.74, 6) is 0.148. The Morgan fingerprint density at radius 1 is 1.20 bits per heavy atom. The fraction of sp³-hybridized carbons (Fsp3) is 0.909. The fourth-order valence-corrected chi connectivity index (χ4v) is 1.29. The van der Waals surface area contributed by atoms with E-state index >= 15 is 0 Å². The first-order valence-electron chi connectivity index (χ1n) is 5.77. The number of methoxy groups -OCH3 is 1. The summed E-state index contributed by atoms with van der Waals surface area (Å²) in [5, 5.41) is 2.90. The molecule has 0 saturated carbocycles. The highest BCUT2D eigenvalue weighted by Crippen LogP contribution is 1.96. The summed E-state index contributed by atoms with van der Waals surface area (Å²) in [7, 11) is 1.71. The molecule has 15 heavy (non-hydrogen) atoms. The molecule has 0 spiro atoms. The van der Waals surface area contributed by atoms with E-state index in [1.165, 1.54) is 0 Å². The van der Waals surface area contributed by atoms with Gasteiger partial charge >= 0.3 is 0 Å². The molecule has 0 aromatic heterocycles. The Morgan fingerprint density at radius 2 is 2.00 bits per heavy atom. The molecule has 0 radical (unpaired) electrons. The standard InChI is InChI=1S/C11H24N2O2/c1-15-10-6-2-5-9-13-11(14)7-3-4-8-12/h2-10,12H2,1H3,(H,13,14). The first kappa shape index (κ1) is 14.4. The smallest absolute Gasteiger partial charge is 0.219 e. The third-order valence-corrected chi connectivity index (χ3v) is 2.21. The van der Waals surface area contributed by atoms with Crippen LogP contribution in [0.25, 0.3) is 0 Å². The first-order valence-corrected chi connectivity index (χ1v) is 5.77. The van der Waals surface area contributed by atoms with Crippen molar-refractivity contribution in [3.8, 4) is 0 Å². The highest BCUT2D eigenvalue weighted by molar-refractivity contribution is 5.75. The Hall–Kier alpha value is -0.610. The highest BCUT2D eigenvalue weighted by Gasteiger charge is 1.99. The lowest BCUT2D eigenvalue weighted by Crippen LogP contribution is -2.24. The van der Waals surface area contributed by atoms with Crippen LogP contribution in [0.4, 0.5) is 0 Å². The van der Waals surface area contributed by atoms with E-state index in [4.69, 9.17) is 10.5 Å². The third-order valence-electron chi connectivity index (χ3n) is 2.21. The molecule has 0 fully saturated rings. The van der Waals surface area contributed by atoms with Crippen molar-refractivity contribution in [2.24, 2.45) is 5.73 Å². The summed E-state index contributed by atoms with van der Waals surface area (Å²) in [6.07, 6.45) is 5.64. The van der Waals surface area contributed by atoms with Crippen LogP contribution < -0.4 is 11.1 Å². The van der Waals surface area contributed by atoms with Crippen LogP contribution in [0.2, 0.25) is 0 Å². The normalized spacial score (nSPS) is 10.3. The number of nitrogens with one attached hydrogen (secondary N) is 1. The predicted octanol–water partition coefficient (Wildman–Crippen LogP) is 1.05. The zero-order chi connectivity index (χ0) is 11.4. The van der Waals surface area contributed by atoms with Gasteiger partial charge in [0.05, 0.1) is 0 Å². The lowest BCUT2D eigenvalue weighted by Gasteiger charge is -2.04. The Labute approximate surface area is 92.6 Å². The average Bonchev–Trinajstić information content (AvgIpc) is 2.23. The van der Waals surface area contributed by atoms with Crippen molar-refractivity contribution in [1.29, 1.82) is 0 Å². The minimum Gasteiger partial charge on any atom is -0.385 e. The van der Waals surface area contributed by atoms with Crippen LogP contribution in [-0.4, -0.2) is 32.7 Å². The monoisotopic (exact) mass is 216 g/mol. The van der Waals surface area contributed by atoms with Crippen molar-refractivity contribution < 1.29 is 9.53 Å². The van der Waals surface area contributed by atoms with Gasteiger partial charge in [0.2, 0.25) is 5.91 Å². The minimum absolute atomic E-state index is 0.148. The highest BCUT2D eigenvalue weighted by atomic mass is 16.5. The second-order valence-corrected chi connectivity index (χ2v) is 3.65. The second-order valence-electron chi connectivity index (χ2n) is 3.65. The number of carbonyl (C=O) groups is 1. The molecule has 0 aliphatic carbocycles. The Bertz CT molecular complexity index is 152. The van der Waals surface area contributed by atoms with E-state index in [-0.39, 0.29) is 5.91 Å². The maximum atomic E-state index is 11.2. The van der Waals surface area contributed by atoms with Gasteiger partial charge in [-0.15, -0.1) is 0 Å². The zero-order valence-electron chi connectivity index (χ0n) is 9.76. The molecule has 0 saturated heterocycles. The van der Waals surface area contributed by atoms with Crippen LogP contribution in [0.3, 0.4) is 0 Å². The van der Waals surface area contributed by atoms with Crippen LogP contribution in [-0.2, 0) is 9.53 Å². The fourth-order valence-electron chi connectivity index (χ4n) is 1.29. The van der Waals surface area contributed by atoms with Gasteiger partial charge < -0.3 is 15.8 Å². The molecule has 0 atom stereocenters. The molecule has 4 nitrogen and oxygen atoms in total. The van der Waals surface area contributed by atoms with Crippen LogP contribution in [0, 0.1) is 0 Å². The van der Waals surface area contributed by atoms with E-state index in [1.807, 2.05) is 0 Å². The Kier molecular flexibility index (Phi) is 11.0. The van der Waals surface area contributed by atoms with E-state index in [1.54, 1.807) is 7.11 Å². The van der Waals surface area contributed by atoms with Crippen molar-refractivity contribution in [3.05, 3.63) is 0 Å². The number of carbonyl (C=O) groups excluding carboxylic acids is 1. The zero-order valence-corrected chi connectivity index (χ0v) is 9.76. The van der Waals surface area contributed by atoms with E-state index in [0.717, 1.165) is 45.3 Å². The van der Waals surface area contributed by atoms with Crippen molar-refractivity contribution in [1.82, 2.24) is 5.32 Å². The molecule has 0 aromatic rings. The maximum absolute atomic E-state index is 11.2. The number of rotatable bonds is 10. The molecule has 0 aromatic carbocycles. The quantitative estimate of drug-likeness (QED) is 0.536. The summed E-state index contributed by atoms with van der Waals surface area (Å²) in [5.41, 5.74) is 5.34.